The molecular formula is C14H10Cl2N2OS. The molecule has 0 bridgehead atoms. The fraction of sp³-hybridized carbons (Fsp3) is 0.0714. The first-order valence-corrected chi connectivity index (χ1v) is 7.42. The molecule has 0 amide bonds. The number of rotatable bonds is 3. The van der Waals surface area contributed by atoms with E-state index < -0.39 is 0 Å². The lowest BCUT2D eigenvalue weighted by Crippen LogP contribution is -1.96. The quantitative estimate of drug-likeness (QED) is 0.755. The summed E-state index contributed by atoms with van der Waals surface area (Å²) in [5.74, 6) is 0.757. The zero-order valence-electron chi connectivity index (χ0n) is 10.3. The third-order valence-electron chi connectivity index (χ3n) is 2.79. The maximum Gasteiger partial charge on any atom is 0.181 e. The van der Waals surface area contributed by atoms with Crippen LogP contribution in [0.15, 0.2) is 36.4 Å². The number of aromatic nitrogens is 1. The fourth-order valence-corrected chi connectivity index (χ4v) is 3.04. The van der Waals surface area contributed by atoms with Gasteiger partial charge in [-0.25, -0.2) is 4.98 Å². The first kappa shape index (κ1) is 13.5. The Hall–Kier alpha value is -1.49. The summed E-state index contributed by atoms with van der Waals surface area (Å²) in [7, 11) is 0. The van der Waals surface area contributed by atoms with E-state index in [9.17, 15) is 0 Å². The molecule has 0 spiro atoms. The molecule has 3 rings (SSSR count). The Morgan fingerprint density at radius 1 is 1.15 bits per heavy atom. The number of hydrogen-bond acceptors (Lipinski definition) is 4. The highest BCUT2D eigenvalue weighted by atomic mass is 35.5. The van der Waals surface area contributed by atoms with Crippen LogP contribution in [-0.2, 0) is 6.61 Å². The zero-order valence-corrected chi connectivity index (χ0v) is 12.6. The fourth-order valence-electron chi connectivity index (χ4n) is 1.81. The Morgan fingerprint density at radius 3 is 2.80 bits per heavy atom. The molecule has 102 valence electrons. The number of fused-ring (bicyclic) bond motifs is 1. The highest BCUT2D eigenvalue weighted by Crippen LogP contribution is 2.28. The Balaban J connectivity index is 1.79. The normalized spacial score (nSPS) is 10.9. The lowest BCUT2D eigenvalue weighted by Gasteiger charge is -2.08. The van der Waals surface area contributed by atoms with Crippen molar-refractivity contribution in [2.75, 3.05) is 5.73 Å². The van der Waals surface area contributed by atoms with Gasteiger partial charge in [-0.3, -0.25) is 0 Å². The van der Waals surface area contributed by atoms with Gasteiger partial charge in [0.15, 0.2) is 5.13 Å². The van der Waals surface area contributed by atoms with Gasteiger partial charge in [0, 0.05) is 15.6 Å². The minimum Gasteiger partial charge on any atom is -0.489 e. The molecule has 0 fully saturated rings. The van der Waals surface area contributed by atoms with Crippen LogP contribution < -0.4 is 10.5 Å². The standard InChI is InChI=1S/C14H10Cl2N2OS/c15-9-2-1-8(11(16)5-9)7-19-10-3-4-12-13(6-10)20-14(17)18-12/h1-6H,7H2,(H2,17,18). The largest absolute Gasteiger partial charge is 0.489 e. The number of halogens is 2. The van der Waals surface area contributed by atoms with E-state index in [4.69, 9.17) is 33.7 Å². The second-order valence-electron chi connectivity index (χ2n) is 4.21. The van der Waals surface area contributed by atoms with Gasteiger partial charge in [0.2, 0.25) is 0 Å². The van der Waals surface area contributed by atoms with Crippen LogP contribution in [0, 0.1) is 0 Å². The van der Waals surface area contributed by atoms with Crippen molar-refractivity contribution in [2.24, 2.45) is 0 Å². The van der Waals surface area contributed by atoms with Crippen molar-refractivity contribution in [3.8, 4) is 5.75 Å². The minimum absolute atomic E-state index is 0.385. The summed E-state index contributed by atoms with van der Waals surface area (Å²) in [5, 5.41) is 1.76. The van der Waals surface area contributed by atoms with Gasteiger partial charge in [0.25, 0.3) is 0 Å². The molecule has 20 heavy (non-hydrogen) atoms. The predicted molar refractivity (Wildman–Crippen MR) is 84.8 cm³/mol. The third kappa shape index (κ3) is 2.82. The topological polar surface area (TPSA) is 48.1 Å². The van der Waals surface area contributed by atoms with Crippen LogP contribution in [0.4, 0.5) is 5.13 Å². The van der Waals surface area contributed by atoms with E-state index >= 15 is 0 Å². The number of thiazole rings is 1. The van der Waals surface area contributed by atoms with Crippen molar-refractivity contribution < 1.29 is 4.74 Å². The smallest absolute Gasteiger partial charge is 0.181 e. The van der Waals surface area contributed by atoms with Gasteiger partial charge in [-0.05, 0) is 30.3 Å². The summed E-state index contributed by atoms with van der Waals surface area (Å²) < 4.78 is 6.74. The summed E-state index contributed by atoms with van der Waals surface area (Å²) in [4.78, 5) is 4.20. The van der Waals surface area contributed by atoms with E-state index in [1.54, 1.807) is 12.1 Å². The van der Waals surface area contributed by atoms with Crippen LogP contribution in [0.25, 0.3) is 10.2 Å². The maximum atomic E-state index is 6.11. The molecular weight excluding hydrogens is 315 g/mol. The molecule has 0 atom stereocenters. The van der Waals surface area contributed by atoms with Gasteiger partial charge in [0.05, 0.1) is 10.2 Å². The molecule has 0 aliphatic heterocycles. The monoisotopic (exact) mass is 324 g/mol. The number of nitrogen functional groups attached to an aromatic ring is 1. The number of anilines is 1. The van der Waals surface area contributed by atoms with E-state index in [-0.39, 0.29) is 0 Å². The summed E-state index contributed by atoms with van der Waals surface area (Å²) >= 11 is 13.4. The Labute approximate surface area is 129 Å². The second kappa shape index (κ2) is 5.48. The van der Waals surface area contributed by atoms with Crippen LogP contribution >= 0.6 is 34.5 Å². The molecule has 1 heterocycles. The Kier molecular flexibility index (Phi) is 3.70. The van der Waals surface area contributed by atoms with Crippen LogP contribution in [0.2, 0.25) is 10.0 Å². The molecule has 0 aliphatic carbocycles. The molecule has 2 N–H and O–H groups in total. The summed E-state index contributed by atoms with van der Waals surface area (Å²) in [5.41, 5.74) is 7.44. The molecule has 0 saturated carbocycles. The zero-order chi connectivity index (χ0) is 14.1. The molecule has 1 aromatic heterocycles. The van der Waals surface area contributed by atoms with E-state index in [0.717, 1.165) is 21.5 Å². The summed E-state index contributed by atoms with van der Waals surface area (Å²) in [6.07, 6.45) is 0. The van der Waals surface area contributed by atoms with E-state index in [2.05, 4.69) is 4.98 Å². The molecule has 0 radical (unpaired) electrons. The minimum atomic E-state index is 0.385. The van der Waals surface area contributed by atoms with Crippen molar-refractivity contribution in [2.45, 2.75) is 6.61 Å². The molecule has 0 saturated heterocycles. The molecule has 2 aromatic carbocycles. The number of hydrogen-bond donors (Lipinski definition) is 1. The molecule has 3 aromatic rings. The average molecular weight is 325 g/mol. The summed E-state index contributed by atoms with van der Waals surface area (Å²) in [6.45, 7) is 0.385. The van der Waals surface area contributed by atoms with Gasteiger partial charge in [-0.2, -0.15) is 0 Å². The third-order valence-corrected chi connectivity index (χ3v) is 4.22. The average Bonchev–Trinajstić information content (AvgIpc) is 2.77. The van der Waals surface area contributed by atoms with Crippen molar-refractivity contribution in [1.29, 1.82) is 0 Å². The van der Waals surface area contributed by atoms with E-state index in [0.29, 0.717) is 21.8 Å². The maximum absolute atomic E-state index is 6.11. The van der Waals surface area contributed by atoms with Gasteiger partial charge in [-0.1, -0.05) is 40.6 Å². The second-order valence-corrected chi connectivity index (χ2v) is 6.11. The summed E-state index contributed by atoms with van der Waals surface area (Å²) in [6, 6.07) is 11.0. The molecule has 0 aliphatic rings. The highest BCUT2D eigenvalue weighted by Gasteiger charge is 2.05. The number of nitrogens with two attached hydrogens (primary N) is 1. The first-order valence-electron chi connectivity index (χ1n) is 5.84. The lowest BCUT2D eigenvalue weighted by molar-refractivity contribution is 0.307. The van der Waals surface area contributed by atoms with Crippen LogP contribution in [0.3, 0.4) is 0 Å². The predicted octanol–water partition coefficient (Wildman–Crippen LogP) is 4.76. The van der Waals surface area contributed by atoms with Gasteiger partial charge >= 0.3 is 0 Å². The number of ether oxygens (including phenoxy) is 1. The highest BCUT2D eigenvalue weighted by molar-refractivity contribution is 7.22. The van der Waals surface area contributed by atoms with Crippen molar-refractivity contribution in [3.63, 3.8) is 0 Å². The lowest BCUT2D eigenvalue weighted by atomic mass is 10.2. The van der Waals surface area contributed by atoms with Crippen molar-refractivity contribution in [3.05, 3.63) is 52.0 Å². The van der Waals surface area contributed by atoms with Crippen molar-refractivity contribution >= 4 is 49.9 Å². The van der Waals surface area contributed by atoms with Crippen molar-refractivity contribution in [1.82, 2.24) is 4.98 Å². The van der Waals surface area contributed by atoms with Crippen LogP contribution in [0.5, 0.6) is 5.75 Å². The van der Waals surface area contributed by atoms with Crippen LogP contribution in [-0.4, -0.2) is 4.98 Å². The molecule has 6 heteroatoms. The number of benzene rings is 2. The van der Waals surface area contributed by atoms with Crippen LogP contribution in [0.1, 0.15) is 5.56 Å². The molecule has 3 nitrogen and oxygen atoms in total. The Morgan fingerprint density at radius 2 is 2.00 bits per heavy atom. The Bertz CT molecular complexity index is 773. The molecule has 0 unspecified atom stereocenters. The SMILES string of the molecule is Nc1nc2ccc(OCc3ccc(Cl)cc3Cl)cc2s1. The van der Waals surface area contributed by atoms with Gasteiger partial charge < -0.3 is 10.5 Å². The first-order chi connectivity index (χ1) is 9.61. The number of nitrogens with zero attached hydrogens (tertiary/aromatic N) is 1. The van der Waals surface area contributed by atoms with E-state index in [1.165, 1.54) is 11.3 Å². The van der Waals surface area contributed by atoms with Gasteiger partial charge in [0.1, 0.15) is 12.4 Å². The van der Waals surface area contributed by atoms with Gasteiger partial charge in [-0.15, -0.1) is 0 Å². The van der Waals surface area contributed by atoms with E-state index in [1.807, 2.05) is 24.3 Å².